The highest BCUT2D eigenvalue weighted by Gasteiger charge is 2.60. The number of amides is 2. The summed E-state index contributed by atoms with van der Waals surface area (Å²) in [5, 5.41) is 26.1. The molecule has 0 unspecified atom stereocenters. The van der Waals surface area contributed by atoms with Crippen molar-refractivity contribution in [1.29, 1.82) is 0 Å². The van der Waals surface area contributed by atoms with E-state index < -0.39 is 18.0 Å². The molecule has 3 aliphatic heterocycles. The van der Waals surface area contributed by atoms with E-state index in [0.29, 0.717) is 12.2 Å². The van der Waals surface area contributed by atoms with Crippen molar-refractivity contribution in [3.05, 3.63) is 10.6 Å². The number of aliphatic hydroxyl groups is 1. The van der Waals surface area contributed by atoms with Crippen LogP contribution in [0.4, 0.5) is 0 Å². The van der Waals surface area contributed by atoms with E-state index in [-0.39, 0.29) is 54.3 Å². The highest BCUT2D eigenvalue weighted by molar-refractivity contribution is 8.03. The van der Waals surface area contributed by atoms with Crippen molar-refractivity contribution in [2.45, 2.75) is 50.1 Å². The highest BCUT2D eigenvalue weighted by Crippen LogP contribution is 2.51. The van der Waals surface area contributed by atoms with Crippen LogP contribution in [0.25, 0.3) is 0 Å². The molecule has 33 heavy (non-hydrogen) atoms. The molecular weight excluding hydrogens is 470 g/mol. The first-order chi connectivity index (χ1) is 15.8. The van der Waals surface area contributed by atoms with Crippen LogP contribution in [0.1, 0.15) is 26.7 Å². The number of β-lactam (4-membered cyclic amide) rings is 1. The number of hydrogen-bond acceptors (Lipinski definition) is 9. The summed E-state index contributed by atoms with van der Waals surface area (Å²) in [5.41, 5.74) is 0.0812. The lowest BCUT2D eigenvalue weighted by molar-refractivity contribution is -0.163. The van der Waals surface area contributed by atoms with Gasteiger partial charge in [-0.2, -0.15) is 11.8 Å². The van der Waals surface area contributed by atoms with Gasteiger partial charge in [0.15, 0.2) is 0 Å². The van der Waals surface area contributed by atoms with Gasteiger partial charge in [-0.15, -0.1) is 11.8 Å². The van der Waals surface area contributed by atoms with Crippen LogP contribution in [0.15, 0.2) is 10.6 Å². The quantitative estimate of drug-likeness (QED) is 0.159. The Balaban J connectivity index is 1.44. The van der Waals surface area contributed by atoms with Crippen molar-refractivity contribution in [3.63, 3.8) is 0 Å². The van der Waals surface area contributed by atoms with E-state index >= 15 is 0 Å². The number of carbonyl (C=O) groups is 3. The second-order valence-corrected chi connectivity index (χ2v) is 11.0. The van der Waals surface area contributed by atoms with Crippen LogP contribution >= 0.6 is 23.5 Å². The molecule has 2 saturated heterocycles. The maximum atomic E-state index is 12.5. The van der Waals surface area contributed by atoms with Gasteiger partial charge in [-0.25, -0.2) is 4.79 Å². The van der Waals surface area contributed by atoms with Crippen LogP contribution in [0, 0.1) is 11.8 Å². The Bertz CT molecular complexity index is 779. The van der Waals surface area contributed by atoms with Gasteiger partial charge in [0.1, 0.15) is 19.2 Å². The van der Waals surface area contributed by atoms with E-state index in [2.05, 4.69) is 10.6 Å². The fourth-order valence-corrected chi connectivity index (χ4v) is 7.15. The maximum Gasteiger partial charge on any atom is 0.353 e. The third-order valence-electron chi connectivity index (χ3n) is 6.15. The summed E-state index contributed by atoms with van der Waals surface area (Å²) in [6, 6.07) is 0.00733. The van der Waals surface area contributed by atoms with Gasteiger partial charge in [0.2, 0.25) is 11.8 Å². The van der Waals surface area contributed by atoms with Gasteiger partial charge in [-0.05, 0) is 13.3 Å². The highest BCUT2D eigenvalue weighted by atomic mass is 32.2. The van der Waals surface area contributed by atoms with Crippen molar-refractivity contribution in [2.24, 2.45) is 11.8 Å². The molecule has 0 spiro atoms. The van der Waals surface area contributed by atoms with E-state index in [1.54, 1.807) is 30.4 Å². The number of rotatable bonds is 13. The number of aliphatic hydroxyl groups excluding tert-OH is 1. The fourth-order valence-electron chi connectivity index (χ4n) is 4.59. The van der Waals surface area contributed by atoms with Crippen LogP contribution in [0.3, 0.4) is 0 Å². The molecule has 6 atom stereocenters. The van der Waals surface area contributed by atoms with Crippen molar-refractivity contribution < 1.29 is 34.1 Å². The summed E-state index contributed by atoms with van der Waals surface area (Å²) in [6.07, 6.45) is 0.500. The van der Waals surface area contributed by atoms with Gasteiger partial charge >= 0.3 is 5.97 Å². The van der Waals surface area contributed by atoms with Crippen molar-refractivity contribution in [2.75, 3.05) is 38.7 Å². The van der Waals surface area contributed by atoms with E-state index in [9.17, 15) is 24.6 Å². The number of carboxylic acids is 1. The lowest BCUT2D eigenvalue weighted by Gasteiger charge is -2.46. The van der Waals surface area contributed by atoms with Crippen molar-refractivity contribution in [3.8, 4) is 0 Å². The molecule has 0 saturated carbocycles. The standard InChI is InChI=1S/C21H33N3O7S2/c1-11-17-16(12(2)25)20(27)24(17)18(21(28)29)19(11)33-14-6-13(22-7-14)8-32-5-4-15(26)23-9-31-10-30-3/h11-14,16-17,22,25H,4-10H2,1-3H3,(H,23,26)(H,28,29)/t11-,12-,13+,14+,16-,17-/m1/s1. The minimum Gasteiger partial charge on any atom is -0.477 e. The van der Waals surface area contributed by atoms with E-state index in [4.69, 9.17) is 9.47 Å². The van der Waals surface area contributed by atoms with Crippen molar-refractivity contribution in [1.82, 2.24) is 15.5 Å². The Hall–Kier alpha value is -1.31. The number of hydrogen-bond donors (Lipinski definition) is 4. The van der Waals surface area contributed by atoms with Crippen LogP contribution in [-0.4, -0.2) is 95.0 Å². The Kier molecular flexibility index (Phi) is 9.48. The zero-order chi connectivity index (χ0) is 24.1. The van der Waals surface area contributed by atoms with Gasteiger partial charge in [-0.3, -0.25) is 9.59 Å². The van der Waals surface area contributed by atoms with Gasteiger partial charge in [0.25, 0.3) is 0 Å². The third kappa shape index (κ3) is 6.04. The fraction of sp³-hybridized carbons (Fsp3) is 0.762. The number of fused-ring (bicyclic) bond motifs is 1. The van der Waals surface area contributed by atoms with Gasteiger partial charge in [-0.1, -0.05) is 6.92 Å². The first-order valence-corrected chi connectivity index (χ1v) is 13.1. The average Bonchev–Trinajstić information content (AvgIpc) is 3.30. The van der Waals surface area contributed by atoms with Crippen molar-refractivity contribution >= 4 is 41.3 Å². The summed E-state index contributed by atoms with van der Waals surface area (Å²) >= 11 is 3.25. The number of thioether (sulfide) groups is 2. The molecule has 2 amide bonds. The van der Waals surface area contributed by atoms with Gasteiger partial charge in [0.05, 0.1) is 18.1 Å². The lowest BCUT2D eigenvalue weighted by atomic mass is 9.79. The first-order valence-electron chi connectivity index (χ1n) is 11.1. The van der Waals surface area contributed by atoms with E-state index in [1.807, 2.05) is 6.92 Å². The molecular formula is C21H33N3O7S2. The smallest absolute Gasteiger partial charge is 0.353 e. The maximum absolute atomic E-state index is 12.5. The first kappa shape index (κ1) is 26.3. The van der Waals surface area contributed by atoms with Crippen LogP contribution in [0.2, 0.25) is 0 Å². The Morgan fingerprint density at radius 2 is 2.15 bits per heavy atom. The molecule has 4 N–H and O–H groups in total. The summed E-state index contributed by atoms with van der Waals surface area (Å²) in [6.45, 7) is 4.56. The number of nitrogens with one attached hydrogen (secondary N) is 2. The Morgan fingerprint density at radius 3 is 2.82 bits per heavy atom. The van der Waals surface area contributed by atoms with Gasteiger partial charge < -0.3 is 35.2 Å². The summed E-state index contributed by atoms with van der Waals surface area (Å²) in [4.78, 5) is 38.3. The molecule has 0 aliphatic carbocycles. The summed E-state index contributed by atoms with van der Waals surface area (Å²) in [5.74, 6) is -0.542. The number of nitrogens with zero attached hydrogens (tertiary/aromatic N) is 1. The lowest BCUT2D eigenvalue weighted by Crippen LogP contribution is -2.63. The van der Waals surface area contributed by atoms with E-state index in [1.165, 1.54) is 12.0 Å². The molecule has 0 aromatic rings. The summed E-state index contributed by atoms with van der Waals surface area (Å²) < 4.78 is 9.77. The Morgan fingerprint density at radius 1 is 1.39 bits per heavy atom. The molecule has 0 radical (unpaired) electrons. The minimum absolute atomic E-state index is 0.0653. The Labute approximate surface area is 202 Å². The molecule has 3 heterocycles. The van der Waals surface area contributed by atoms with Crippen LogP contribution in [-0.2, 0) is 23.9 Å². The largest absolute Gasteiger partial charge is 0.477 e. The number of aliphatic carboxylic acids is 1. The minimum atomic E-state index is -1.09. The second-order valence-electron chi connectivity index (χ2n) is 8.53. The average molecular weight is 504 g/mol. The topological polar surface area (TPSA) is 137 Å². The molecule has 10 nitrogen and oxygen atoms in total. The summed E-state index contributed by atoms with van der Waals surface area (Å²) in [7, 11) is 1.52. The SMILES string of the molecule is COCOCNC(=O)CCSC[C@@H]1C[C@H](SC2=C(C(=O)O)N3C(=O)[C@H]([C@@H](C)O)[C@H]3[C@H]2C)CN1. The number of methoxy groups -OCH3 is 1. The predicted molar refractivity (Wildman–Crippen MR) is 125 cm³/mol. The van der Waals surface area contributed by atoms with Gasteiger partial charge in [0, 0.05) is 53.7 Å². The van der Waals surface area contributed by atoms with E-state index in [0.717, 1.165) is 23.6 Å². The molecule has 0 aromatic carbocycles. The molecule has 3 rings (SSSR count). The van der Waals surface area contributed by atoms with Crippen LogP contribution < -0.4 is 10.6 Å². The van der Waals surface area contributed by atoms with Crippen LogP contribution in [0.5, 0.6) is 0 Å². The number of carbonyl (C=O) groups excluding carboxylic acids is 2. The second kappa shape index (κ2) is 11.9. The predicted octanol–water partition coefficient (Wildman–Crippen LogP) is 0.421. The molecule has 0 bridgehead atoms. The molecule has 2 fully saturated rings. The third-order valence-corrected chi connectivity index (χ3v) is 8.79. The molecule has 0 aromatic heterocycles. The number of ether oxygens (including phenoxy) is 2. The molecule has 12 heteroatoms. The zero-order valence-corrected chi connectivity index (χ0v) is 20.7. The number of carboxylic acid groups (broad SMARTS) is 1. The zero-order valence-electron chi connectivity index (χ0n) is 19.1. The molecule has 186 valence electrons. The monoisotopic (exact) mass is 503 g/mol. The normalized spacial score (nSPS) is 29.8. The molecule has 3 aliphatic rings.